The first-order valence-electron chi connectivity index (χ1n) is 6.26. The summed E-state index contributed by atoms with van der Waals surface area (Å²) in [5, 5.41) is 14.8. The van der Waals surface area contributed by atoms with Crippen LogP contribution in [0.25, 0.3) is 0 Å². The average molecular weight is 305 g/mol. The number of hydrogen-bond acceptors (Lipinski definition) is 4. The highest BCUT2D eigenvalue weighted by Gasteiger charge is 2.20. The van der Waals surface area contributed by atoms with E-state index in [2.05, 4.69) is 15.6 Å². The first-order chi connectivity index (χ1) is 9.99. The molecule has 0 aliphatic rings. The molecule has 0 bridgehead atoms. The quantitative estimate of drug-likeness (QED) is 0.810. The lowest BCUT2D eigenvalue weighted by Gasteiger charge is -2.07. The maximum atomic E-state index is 11.9. The topological polar surface area (TPSA) is 91.3 Å². The Labute approximate surface area is 125 Å². The standard InChI is InChI=1S/C14H15N3O3S/c1-8-9(2)21-12(11(8)13(18)19)17-14(20)16-7-10-3-5-15-6-4-10/h3-6H,7H2,1-2H3,(H,18,19)(H2,16,17,20). The summed E-state index contributed by atoms with van der Waals surface area (Å²) in [6.45, 7) is 3.90. The van der Waals surface area contributed by atoms with Crippen molar-refractivity contribution in [2.45, 2.75) is 20.4 Å². The molecule has 2 rings (SSSR count). The molecule has 0 saturated carbocycles. The maximum absolute atomic E-state index is 11.9. The molecular weight excluding hydrogens is 290 g/mol. The lowest BCUT2D eigenvalue weighted by Crippen LogP contribution is -2.28. The Kier molecular flexibility index (Phi) is 4.54. The Morgan fingerprint density at radius 2 is 1.95 bits per heavy atom. The van der Waals surface area contributed by atoms with Crippen molar-refractivity contribution < 1.29 is 14.7 Å². The number of aromatic carboxylic acids is 1. The third-order valence-corrected chi connectivity index (χ3v) is 4.15. The third kappa shape index (κ3) is 3.57. The summed E-state index contributed by atoms with van der Waals surface area (Å²) in [6.07, 6.45) is 3.28. The number of anilines is 1. The fourth-order valence-electron chi connectivity index (χ4n) is 1.80. The highest BCUT2D eigenvalue weighted by Crippen LogP contribution is 2.32. The molecule has 2 amide bonds. The zero-order chi connectivity index (χ0) is 15.4. The van der Waals surface area contributed by atoms with E-state index in [0.717, 1.165) is 10.4 Å². The fraction of sp³-hybridized carbons (Fsp3) is 0.214. The van der Waals surface area contributed by atoms with Gasteiger partial charge in [0.25, 0.3) is 0 Å². The van der Waals surface area contributed by atoms with E-state index in [1.165, 1.54) is 11.3 Å². The van der Waals surface area contributed by atoms with Gasteiger partial charge in [-0.05, 0) is 37.1 Å². The summed E-state index contributed by atoms with van der Waals surface area (Å²) >= 11 is 1.26. The molecule has 110 valence electrons. The summed E-state index contributed by atoms with van der Waals surface area (Å²) in [4.78, 5) is 27.9. The first kappa shape index (κ1) is 15.0. The van der Waals surface area contributed by atoms with Crippen LogP contribution in [0.3, 0.4) is 0 Å². The van der Waals surface area contributed by atoms with Crippen LogP contribution in [0.15, 0.2) is 24.5 Å². The van der Waals surface area contributed by atoms with Crippen molar-refractivity contribution in [3.8, 4) is 0 Å². The van der Waals surface area contributed by atoms with Gasteiger partial charge in [0, 0.05) is 23.8 Å². The molecule has 0 unspecified atom stereocenters. The number of thiophene rings is 1. The summed E-state index contributed by atoms with van der Waals surface area (Å²) in [7, 11) is 0. The zero-order valence-electron chi connectivity index (χ0n) is 11.6. The number of carbonyl (C=O) groups is 2. The lowest BCUT2D eigenvalue weighted by atomic mass is 10.1. The Bertz CT molecular complexity index is 668. The van der Waals surface area contributed by atoms with E-state index in [4.69, 9.17) is 0 Å². The number of hydrogen-bond donors (Lipinski definition) is 3. The van der Waals surface area contributed by atoms with Gasteiger partial charge in [-0.25, -0.2) is 9.59 Å². The van der Waals surface area contributed by atoms with Gasteiger partial charge >= 0.3 is 12.0 Å². The minimum atomic E-state index is -1.04. The summed E-state index contributed by atoms with van der Waals surface area (Å²) < 4.78 is 0. The van der Waals surface area contributed by atoms with Crippen LogP contribution < -0.4 is 10.6 Å². The highest BCUT2D eigenvalue weighted by molar-refractivity contribution is 7.16. The van der Waals surface area contributed by atoms with Crippen LogP contribution in [0.1, 0.15) is 26.4 Å². The summed E-state index contributed by atoms with van der Waals surface area (Å²) in [5.74, 6) is -1.04. The predicted molar refractivity (Wildman–Crippen MR) is 80.8 cm³/mol. The molecule has 2 aromatic rings. The second-order valence-corrected chi connectivity index (χ2v) is 5.68. The fourth-order valence-corrected chi connectivity index (χ4v) is 2.85. The van der Waals surface area contributed by atoms with Crippen LogP contribution in [0.5, 0.6) is 0 Å². The van der Waals surface area contributed by atoms with Gasteiger partial charge in [-0.1, -0.05) is 0 Å². The molecule has 7 heteroatoms. The van der Waals surface area contributed by atoms with Crippen LogP contribution in [0, 0.1) is 13.8 Å². The number of pyridine rings is 1. The van der Waals surface area contributed by atoms with Crippen molar-refractivity contribution in [2.75, 3.05) is 5.32 Å². The third-order valence-electron chi connectivity index (χ3n) is 3.03. The van der Waals surface area contributed by atoms with Crippen LogP contribution in [0.4, 0.5) is 9.80 Å². The molecule has 0 fully saturated rings. The number of nitrogens with one attached hydrogen (secondary N) is 2. The molecule has 3 N–H and O–H groups in total. The van der Waals surface area contributed by atoms with Crippen LogP contribution in [-0.2, 0) is 6.54 Å². The molecule has 0 spiro atoms. The predicted octanol–water partition coefficient (Wildman–Crippen LogP) is 2.78. The number of nitrogens with zero attached hydrogens (tertiary/aromatic N) is 1. The number of carbonyl (C=O) groups excluding carboxylic acids is 1. The minimum Gasteiger partial charge on any atom is -0.478 e. The Hall–Kier alpha value is -2.41. The largest absolute Gasteiger partial charge is 0.478 e. The van der Waals surface area contributed by atoms with Crippen molar-refractivity contribution in [3.63, 3.8) is 0 Å². The van der Waals surface area contributed by atoms with E-state index in [0.29, 0.717) is 17.1 Å². The van der Waals surface area contributed by atoms with E-state index in [1.54, 1.807) is 31.5 Å². The number of amides is 2. The minimum absolute atomic E-state index is 0.150. The van der Waals surface area contributed by atoms with Crippen molar-refractivity contribution in [1.29, 1.82) is 0 Å². The Balaban J connectivity index is 2.03. The maximum Gasteiger partial charge on any atom is 0.338 e. The molecule has 6 nitrogen and oxygen atoms in total. The molecule has 0 aliphatic heterocycles. The van der Waals surface area contributed by atoms with Gasteiger partial charge in [0.2, 0.25) is 0 Å². The molecule has 21 heavy (non-hydrogen) atoms. The molecule has 0 aliphatic carbocycles. The smallest absolute Gasteiger partial charge is 0.338 e. The van der Waals surface area contributed by atoms with Crippen LogP contribution in [-0.4, -0.2) is 22.1 Å². The Morgan fingerprint density at radius 1 is 1.29 bits per heavy atom. The molecular formula is C14H15N3O3S. The van der Waals surface area contributed by atoms with Crippen molar-refractivity contribution >= 4 is 28.3 Å². The van der Waals surface area contributed by atoms with Gasteiger partial charge in [-0.15, -0.1) is 11.3 Å². The monoisotopic (exact) mass is 305 g/mol. The van der Waals surface area contributed by atoms with Gasteiger partial charge in [0.1, 0.15) is 5.00 Å². The van der Waals surface area contributed by atoms with Gasteiger partial charge in [0.15, 0.2) is 0 Å². The van der Waals surface area contributed by atoms with Crippen molar-refractivity contribution in [2.24, 2.45) is 0 Å². The average Bonchev–Trinajstić information content (AvgIpc) is 2.72. The number of carboxylic acid groups (broad SMARTS) is 1. The number of urea groups is 1. The molecule has 0 radical (unpaired) electrons. The normalized spacial score (nSPS) is 10.2. The second kappa shape index (κ2) is 6.36. The zero-order valence-corrected chi connectivity index (χ0v) is 12.5. The molecule has 2 heterocycles. The number of carboxylic acids is 1. The SMILES string of the molecule is Cc1sc(NC(=O)NCc2ccncc2)c(C(=O)O)c1C. The van der Waals surface area contributed by atoms with E-state index < -0.39 is 12.0 Å². The Morgan fingerprint density at radius 3 is 2.57 bits per heavy atom. The molecule has 0 saturated heterocycles. The van der Waals surface area contributed by atoms with Crippen LogP contribution in [0.2, 0.25) is 0 Å². The van der Waals surface area contributed by atoms with Gasteiger partial charge in [-0.2, -0.15) is 0 Å². The highest BCUT2D eigenvalue weighted by atomic mass is 32.1. The summed E-state index contributed by atoms with van der Waals surface area (Å²) in [5.41, 5.74) is 1.74. The van der Waals surface area contributed by atoms with Gasteiger partial charge in [0.05, 0.1) is 5.56 Å². The van der Waals surface area contributed by atoms with Crippen LogP contribution >= 0.6 is 11.3 Å². The van der Waals surface area contributed by atoms with E-state index in [1.807, 2.05) is 6.92 Å². The lowest BCUT2D eigenvalue weighted by molar-refractivity contribution is 0.0697. The first-order valence-corrected chi connectivity index (χ1v) is 7.07. The molecule has 0 atom stereocenters. The number of aromatic nitrogens is 1. The number of rotatable bonds is 4. The summed E-state index contributed by atoms with van der Waals surface area (Å²) in [6, 6.07) is 3.15. The van der Waals surface area contributed by atoms with Gasteiger partial charge in [-0.3, -0.25) is 10.3 Å². The van der Waals surface area contributed by atoms with E-state index in [9.17, 15) is 14.7 Å². The number of aryl methyl sites for hydroxylation is 1. The van der Waals surface area contributed by atoms with Crippen molar-refractivity contribution in [3.05, 3.63) is 46.1 Å². The van der Waals surface area contributed by atoms with Gasteiger partial charge < -0.3 is 10.4 Å². The molecule has 2 aromatic heterocycles. The van der Waals surface area contributed by atoms with E-state index >= 15 is 0 Å². The van der Waals surface area contributed by atoms with Crippen molar-refractivity contribution in [1.82, 2.24) is 10.3 Å². The molecule has 0 aromatic carbocycles. The van der Waals surface area contributed by atoms with E-state index in [-0.39, 0.29) is 5.56 Å². The second-order valence-electron chi connectivity index (χ2n) is 4.46.